The van der Waals surface area contributed by atoms with Crippen LogP contribution in [0.2, 0.25) is 0 Å². The first-order valence-corrected chi connectivity index (χ1v) is 6.41. The van der Waals surface area contributed by atoms with Gasteiger partial charge in [-0.25, -0.2) is 4.98 Å². The lowest BCUT2D eigenvalue weighted by molar-refractivity contribution is -0.137. The Morgan fingerprint density at radius 1 is 1.47 bits per heavy atom. The molecular formula is C13H21N3O3. The average Bonchev–Trinajstić information content (AvgIpc) is 2.29. The number of anilines is 1. The second kappa shape index (κ2) is 6.92. The van der Waals surface area contributed by atoms with Gasteiger partial charge in [-0.15, -0.1) is 0 Å². The van der Waals surface area contributed by atoms with Crippen LogP contribution in [0.25, 0.3) is 0 Å². The highest BCUT2D eigenvalue weighted by Crippen LogP contribution is 2.03. The number of aliphatic carboxylic acids is 1. The van der Waals surface area contributed by atoms with Crippen LogP contribution in [0.1, 0.15) is 27.2 Å². The van der Waals surface area contributed by atoms with Crippen molar-refractivity contribution >= 4 is 11.8 Å². The van der Waals surface area contributed by atoms with E-state index in [1.165, 1.54) is 0 Å². The monoisotopic (exact) mass is 267 g/mol. The fourth-order valence-electron chi connectivity index (χ4n) is 1.75. The number of carboxylic acid groups (broad SMARTS) is 1. The fourth-order valence-corrected chi connectivity index (χ4v) is 1.75. The Kier molecular flexibility index (Phi) is 5.54. The van der Waals surface area contributed by atoms with Crippen LogP contribution in [0.15, 0.2) is 17.2 Å². The Morgan fingerprint density at radius 3 is 2.74 bits per heavy atom. The molecule has 0 amide bonds. The van der Waals surface area contributed by atoms with E-state index in [0.29, 0.717) is 19.0 Å². The third-order valence-electron chi connectivity index (χ3n) is 2.62. The molecule has 2 N–H and O–H groups in total. The second-order valence-corrected chi connectivity index (χ2v) is 5.21. The van der Waals surface area contributed by atoms with Gasteiger partial charge in [-0.05, 0) is 11.8 Å². The van der Waals surface area contributed by atoms with Gasteiger partial charge < -0.3 is 15.0 Å². The molecule has 6 nitrogen and oxygen atoms in total. The lowest BCUT2D eigenvalue weighted by Gasteiger charge is -2.13. The molecule has 1 heterocycles. The lowest BCUT2D eigenvalue weighted by atomic mass is 10.1. The molecule has 0 aliphatic heterocycles. The SMILES string of the molecule is CC(C)Cn1ccnc(NCC(C)CC(=O)O)c1=O. The molecule has 0 bridgehead atoms. The van der Waals surface area contributed by atoms with E-state index < -0.39 is 5.97 Å². The quantitative estimate of drug-likeness (QED) is 0.780. The van der Waals surface area contributed by atoms with E-state index in [9.17, 15) is 9.59 Å². The number of nitrogens with zero attached hydrogens (tertiary/aromatic N) is 2. The molecule has 1 aromatic rings. The van der Waals surface area contributed by atoms with E-state index in [2.05, 4.69) is 10.3 Å². The molecule has 0 aliphatic rings. The third-order valence-corrected chi connectivity index (χ3v) is 2.62. The van der Waals surface area contributed by atoms with Crippen molar-refractivity contribution in [2.75, 3.05) is 11.9 Å². The molecule has 1 aromatic heterocycles. The first kappa shape index (κ1) is 15.2. The minimum absolute atomic E-state index is 0.0579. The Labute approximate surface area is 112 Å². The molecule has 0 aromatic carbocycles. The van der Waals surface area contributed by atoms with Gasteiger partial charge in [-0.1, -0.05) is 20.8 Å². The summed E-state index contributed by atoms with van der Waals surface area (Å²) in [5.74, 6) is -0.246. The van der Waals surface area contributed by atoms with E-state index in [1.807, 2.05) is 20.8 Å². The molecule has 106 valence electrons. The summed E-state index contributed by atoms with van der Waals surface area (Å²) in [4.78, 5) is 26.6. The molecule has 0 saturated heterocycles. The van der Waals surface area contributed by atoms with Gasteiger partial charge in [0.2, 0.25) is 0 Å². The number of carbonyl (C=O) groups is 1. The largest absolute Gasteiger partial charge is 0.481 e. The number of nitrogens with one attached hydrogen (secondary N) is 1. The van der Waals surface area contributed by atoms with Crippen LogP contribution >= 0.6 is 0 Å². The summed E-state index contributed by atoms with van der Waals surface area (Å²) in [7, 11) is 0. The molecule has 0 aliphatic carbocycles. The van der Waals surface area contributed by atoms with E-state index in [-0.39, 0.29) is 23.7 Å². The van der Waals surface area contributed by atoms with Crippen LogP contribution in [0.3, 0.4) is 0 Å². The van der Waals surface area contributed by atoms with Crippen molar-refractivity contribution in [3.05, 3.63) is 22.7 Å². The molecule has 0 saturated carbocycles. The first-order valence-electron chi connectivity index (χ1n) is 6.41. The van der Waals surface area contributed by atoms with E-state index in [4.69, 9.17) is 5.11 Å². The van der Waals surface area contributed by atoms with Gasteiger partial charge in [0.1, 0.15) is 0 Å². The van der Waals surface area contributed by atoms with Crippen LogP contribution in [0, 0.1) is 11.8 Å². The molecule has 0 fully saturated rings. The van der Waals surface area contributed by atoms with Crippen molar-refractivity contribution in [3.63, 3.8) is 0 Å². The summed E-state index contributed by atoms with van der Waals surface area (Å²) in [5, 5.41) is 11.6. The third kappa shape index (κ3) is 5.11. The summed E-state index contributed by atoms with van der Waals surface area (Å²) in [5.41, 5.74) is -0.168. The van der Waals surface area contributed by atoms with Crippen molar-refractivity contribution < 1.29 is 9.90 Å². The number of rotatable bonds is 7. The molecule has 0 spiro atoms. The highest BCUT2D eigenvalue weighted by molar-refractivity contribution is 5.67. The summed E-state index contributed by atoms with van der Waals surface area (Å²) in [6.45, 7) is 6.95. The normalized spacial score (nSPS) is 12.4. The summed E-state index contributed by atoms with van der Waals surface area (Å²) in [6, 6.07) is 0. The van der Waals surface area contributed by atoms with E-state index >= 15 is 0 Å². The van der Waals surface area contributed by atoms with Crippen molar-refractivity contribution in [3.8, 4) is 0 Å². The maximum atomic E-state index is 12.1. The Hall–Kier alpha value is -1.85. The summed E-state index contributed by atoms with van der Waals surface area (Å²) in [6.07, 6.45) is 3.31. The summed E-state index contributed by atoms with van der Waals surface area (Å²) >= 11 is 0. The summed E-state index contributed by atoms with van der Waals surface area (Å²) < 4.78 is 1.61. The van der Waals surface area contributed by atoms with Crippen LogP contribution < -0.4 is 10.9 Å². The molecule has 1 unspecified atom stereocenters. The van der Waals surface area contributed by atoms with Gasteiger partial charge in [0.25, 0.3) is 5.56 Å². The number of hydrogen-bond acceptors (Lipinski definition) is 4. The topological polar surface area (TPSA) is 84.2 Å². The zero-order chi connectivity index (χ0) is 14.4. The Balaban J connectivity index is 2.69. The predicted octanol–water partition coefficient (Wildman–Crippen LogP) is 1.42. The van der Waals surface area contributed by atoms with Gasteiger partial charge >= 0.3 is 5.97 Å². The number of carboxylic acids is 1. The van der Waals surface area contributed by atoms with Gasteiger partial charge in [0.15, 0.2) is 5.82 Å². The van der Waals surface area contributed by atoms with Gasteiger partial charge in [-0.2, -0.15) is 0 Å². The predicted molar refractivity (Wildman–Crippen MR) is 73.2 cm³/mol. The van der Waals surface area contributed by atoms with E-state index in [1.54, 1.807) is 17.0 Å². The van der Waals surface area contributed by atoms with Gasteiger partial charge in [-0.3, -0.25) is 9.59 Å². The molecule has 1 atom stereocenters. The van der Waals surface area contributed by atoms with Crippen LogP contribution in [0.4, 0.5) is 5.82 Å². The highest BCUT2D eigenvalue weighted by atomic mass is 16.4. The Bertz CT molecular complexity index is 482. The number of aromatic nitrogens is 2. The minimum atomic E-state index is -0.840. The minimum Gasteiger partial charge on any atom is -0.481 e. The number of hydrogen-bond donors (Lipinski definition) is 2. The van der Waals surface area contributed by atoms with Crippen LogP contribution in [-0.2, 0) is 11.3 Å². The molecule has 1 rings (SSSR count). The van der Waals surface area contributed by atoms with Crippen molar-refractivity contribution in [1.29, 1.82) is 0 Å². The fraction of sp³-hybridized carbons (Fsp3) is 0.615. The maximum Gasteiger partial charge on any atom is 0.303 e. The van der Waals surface area contributed by atoms with Crippen LogP contribution in [-0.4, -0.2) is 27.2 Å². The maximum absolute atomic E-state index is 12.1. The lowest BCUT2D eigenvalue weighted by Crippen LogP contribution is -2.27. The van der Waals surface area contributed by atoms with Crippen molar-refractivity contribution in [2.45, 2.75) is 33.7 Å². The standard InChI is InChI=1S/C13H21N3O3/c1-9(2)8-16-5-4-14-12(13(16)19)15-7-10(3)6-11(17)18/h4-5,9-10H,6-8H2,1-3H3,(H,14,15)(H,17,18). The first-order chi connectivity index (χ1) is 8.90. The molecular weight excluding hydrogens is 246 g/mol. The zero-order valence-corrected chi connectivity index (χ0v) is 11.6. The van der Waals surface area contributed by atoms with Crippen molar-refractivity contribution in [1.82, 2.24) is 9.55 Å². The zero-order valence-electron chi connectivity index (χ0n) is 11.6. The van der Waals surface area contributed by atoms with E-state index in [0.717, 1.165) is 0 Å². The smallest absolute Gasteiger partial charge is 0.303 e. The van der Waals surface area contributed by atoms with Crippen molar-refractivity contribution in [2.24, 2.45) is 11.8 Å². The second-order valence-electron chi connectivity index (χ2n) is 5.21. The highest BCUT2D eigenvalue weighted by Gasteiger charge is 2.10. The average molecular weight is 267 g/mol. The van der Waals surface area contributed by atoms with Gasteiger partial charge in [0.05, 0.1) is 0 Å². The molecule has 19 heavy (non-hydrogen) atoms. The van der Waals surface area contributed by atoms with Gasteiger partial charge in [0, 0.05) is 31.9 Å². The molecule has 0 radical (unpaired) electrons. The van der Waals surface area contributed by atoms with Crippen LogP contribution in [0.5, 0.6) is 0 Å². The molecule has 6 heteroatoms. The Morgan fingerprint density at radius 2 is 2.16 bits per heavy atom.